The number of nitrogens with zero attached hydrogens (tertiary/aromatic N) is 1. The summed E-state index contributed by atoms with van der Waals surface area (Å²) in [5, 5.41) is 2.93. The Morgan fingerprint density at radius 1 is 0.828 bits per heavy atom. The van der Waals surface area contributed by atoms with Crippen molar-refractivity contribution in [3.63, 3.8) is 0 Å². The number of carbonyl (C=O) groups excluding carboxylic acids is 1. The van der Waals surface area contributed by atoms with Crippen LogP contribution < -0.4 is 5.32 Å². The van der Waals surface area contributed by atoms with Gasteiger partial charge in [-0.1, -0.05) is 60.2 Å². The first-order valence-corrected chi connectivity index (χ1v) is 9.52. The van der Waals surface area contributed by atoms with E-state index in [1.54, 1.807) is 13.0 Å². The number of benzene rings is 2. The molecule has 1 N–H and O–H groups in total. The minimum absolute atomic E-state index is 0.230. The zero-order chi connectivity index (χ0) is 20.4. The molecule has 4 rings (SSSR count). The number of furan rings is 1. The van der Waals surface area contributed by atoms with E-state index in [1.807, 2.05) is 49.4 Å². The van der Waals surface area contributed by atoms with Crippen LogP contribution in [0, 0.1) is 20.8 Å². The lowest BCUT2D eigenvalue weighted by Gasteiger charge is -2.11. The number of rotatable bonds is 4. The lowest BCUT2D eigenvalue weighted by molar-refractivity contribution is 0.102. The molecule has 0 spiro atoms. The molecule has 0 aliphatic rings. The van der Waals surface area contributed by atoms with Gasteiger partial charge >= 0.3 is 0 Å². The first-order valence-electron chi connectivity index (χ1n) is 9.52. The first-order chi connectivity index (χ1) is 14.0. The highest BCUT2D eigenvalue weighted by Crippen LogP contribution is 2.28. The van der Waals surface area contributed by atoms with Gasteiger partial charge in [-0.05, 0) is 50.1 Å². The fourth-order valence-electron chi connectivity index (χ4n) is 3.30. The van der Waals surface area contributed by atoms with Crippen LogP contribution in [0.4, 0.5) is 5.82 Å². The van der Waals surface area contributed by atoms with Crippen LogP contribution in [0.25, 0.3) is 22.4 Å². The third-order valence-electron chi connectivity index (χ3n) is 4.81. The van der Waals surface area contributed by atoms with Gasteiger partial charge in [0.2, 0.25) is 0 Å². The molecule has 0 aliphatic carbocycles. The predicted molar refractivity (Wildman–Crippen MR) is 116 cm³/mol. The minimum atomic E-state index is -0.230. The summed E-state index contributed by atoms with van der Waals surface area (Å²) in [6, 6.07) is 23.9. The number of hydrogen-bond acceptors (Lipinski definition) is 3. The van der Waals surface area contributed by atoms with Crippen molar-refractivity contribution >= 4 is 11.7 Å². The summed E-state index contributed by atoms with van der Waals surface area (Å²) in [4.78, 5) is 17.5. The second kappa shape index (κ2) is 7.76. The van der Waals surface area contributed by atoms with Crippen molar-refractivity contribution in [1.82, 2.24) is 4.98 Å². The number of nitrogens with one attached hydrogen (secondary N) is 1. The van der Waals surface area contributed by atoms with E-state index in [0.717, 1.165) is 22.4 Å². The summed E-state index contributed by atoms with van der Waals surface area (Å²) >= 11 is 0. The molecule has 1 amide bonds. The van der Waals surface area contributed by atoms with Crippen LogP contribution in [-0.4, -0.2) is 10.9 Å². The molecule has 0 bridgehead atoms. The molecule has 2 aromatic heterocycles. The van der Waals surface area contributed by atoms with E-state index >= 15 is 0 Å². The van der Waals surface area contributed by atoms with Crippen molar-refractivity contribution in [3.05, 3.63) is 95.4 Å². The molecule has 2 heterocycles. The Balaban J connectivity index is 1.76. The van der Waals surface area contributed by atoms with E-state index in [0.29, 0.717) is 22.9 Å². The number of pyridine rings is 1. The van der Waals surface area contributed by atoms with Gasteiger partial charge in [0.25, 0.3) is 5.91 Å². The summed E-state index contributed by atoms with van der Waals surface area (Å²) in [5.74, 6) is 1.58. The Morgan fingerprint density at radius 2 is 1.55 bits per heavy atom. The fourth-order valence-corrected chi connectivity index (χ4v) is 3.30. The van der Waals surface area contributed by atoms with Crippen molar-refractivity contribution in [3.8, 4) is 22.4 Å². The van der Waals surface area contributed by atoms with E-state index in [2.05, 4.69) is 41.5 Å². The second-order valence-electron chi connectivity index (χ2n) is 7.14. The topological polar surface area (TPSA) is 55.1 Å². The van der Waals surface area contributed by atoms with Crippen LogP contribution >= 0.6 is 0 Å². The number of aryl methyl sites for hydroxylation is 3. The van der Waals surface area contributed by atoms with Crippen LogP contribution in [0.2, 0.25) is 0 Å². The number of carbonyl (C=O) groups is 1. The molecule has 144 valence electrons. The summed E-state index contributed by atoms with van der Waals surface area (Å²) in [6.45, 7) is 5.67. The zero-order valence-electron chi connectivity index (χ0n) is 16.7. The van der Waals surface area contributed by atoms with Crippen molar-refractivity contribution in [1.29, 1.82) is 0 Å². The molecule has 4 heteroatoms. The molecule has 0 fully saturated rings. The zero-order valence-corrected chi connectivity index (χ0v) is 16.7. The molecular formula is C25H22N2O2. The van der Waals surface area contributed by atoms with Gasteiger partial charge in [-0.25, -0.2) is 4.98 Å². The third-order valence-corrected chi connectivity index (χ3v) is 4.81. The number of anilines is 1. The van der Waals surface area contributed by atoms with Crippen LogP contribution in [0.5, 0.6) is 0 Å². The van der Waals surface area contributed by atoms with E-state index in [-0.39, 0.29) is 5.91 Å². The molecule has 0 aliphatic heterocycles. The van der Waals surface area contributed by atoms with Crippen molar-refractivity contribution < 1.29 is 9.21 Å². The van der Waals surface area contributed by atoms with Gasteiger partial charge in [-0.15, -0.1) is 0 Å². The highest BCUT2D eigenvalue weighted by Gasteiger charge is 2.15. The SMILES string of the molecule is Cc1ccc(-c2cc(NC(=O)c3cc(C)oc3C)nc(-c3ccccc3)c2)cc1. The molecule has 0 saturated carbocycles. The van der Waals surface area contributed by atoms with Gasteiger partial charge in [-0.2, -0.15) is 0 Å². The minimum Gasteiger partial charge on any atom is -0.466 e. The largest absolute Gasteiger partial charge is 0.466 e. The van der Waals surface area contributed by atoms with Gasteiger partial charge in [0, 0.05) is 5.56 Å². The molecule has 4 nitrogen and oxygen atoms in total. The Hall–Kier alpha value is -3.66. The monoisotopic (exact) mass is 382 g/mol. The Bertz CT molecular complexity index is 1160. The van der Waals surface area contributed by atoms with E-state index < -0.39 is 0 Å². The summed E-state index contributed by atoms with van der Waals surface area (Å²) in [6.07, 6.45) is 0. The Labute approximate surface area is 170 Å². The molecular weight excluding hydrogens is 360 g/mol. The molecule has 29 heavy (non-hydrogen) atoms. The normalized spacial score (nSPS) is 10.7. The maximum absolute atomic E-state index is 12.8. The summed E-state index contributed by atoms with van der Waals surface area (Å²) in [7, 11) is 0. The fraction of sp³-hybridized carbons (Fsp3) is 0.120. The third kappa shape index (κ3) is 4.11. The summed E-state index contributed by atoms with van der Waals surface area (Å²) in [5.41, 5.74) is 5.58. The standard InChI is InChI=1S/C25H22N2O2/c1-16-9-11-19(12-10-16)21-14-23(20-7-5-4-6-8-20)26-24(15-21)27-25(28)22-13-17(2)29-18(22)3/h4-15H,1-3H3,(H,26,27,28). The molecule has 0 radical (unpaired) electrons. The molecule has 2 aromatic carbocycles. The smallest absolute Gasteiger partial charge is 0.260 e. The van der Waals surface area contributed by atoms with Crippen molar-refractivity contribution in [2.45, 2.75) is 20.8 Å². The van der Waals surface area contributed by atoms with E-state index in [4.69, 9.17) is 4.42 Å². The van der Waals surface area contributed by atoms with Gasteiger partial charge in [-0.3, -0.25) is 4.79 Å². The lowest BCUT2D eigenvalue weighted by Crippen LogP contribution is -2.13. The highest BCUT2D eigenvalue weighted by atomic mass is 16.3. The van der Waals surface area contributed by atoms with Gasteiger partial charge in [0.1, 0.15) is 17.3 Å². The number of aromatic nitrogens is 1. The first kappa shape index (κ1) is 18.7. The molecule has 0 atom stereocenters. The average Bonchev–Trinajstić information content (AvgIpc) is 3.07. The van der Waals surface area contributed by atoms with Gasteiger partial charge in [0.15, 0.2) is 0 Å². The van der Waals surface area contributed by atoms with E-state index in [1.165, 1.54) is 5.56 Å². The van der Waals surface area contributed by atoms with Gasteiger partial charge < -0.3 is 9.73 Å². The number of amides is 1. The molecule has 0 unspecified atom stereocenters. The molecule has 4 aromatic rings. The highest BCUT2D eigenvalue weighted by molar-refractivity contribution is 6.05. The lowest BCUT2D eigenvalue weighted by atomic mass is 10.0. The van der Waals surface area contributed by atoms with Crippen LogP contribution in [0.3, 0.4) is 0 Å². The van der Waals surface area contributed by atoms with E-state index in [9.17, 15) is 4.79 Å². The van der Waals surface area contributed by atoms with Gasteiger partial charge in [0.05, 0.1) is 11.3 Å². The predicted octanol–water partition coefficient (Wildman–Crippen LogP) is 6.19. The molecule has 0 saturated heterocycles. The summed E-state index contributed by atoms with van der Waals surface area (Å²) < 4.78 is 5.49. The average molecular weight is 382 g/mol. The van der Waals surface area contributed by atoms with Crippen molar-refractivity contribution in [2.75, 3.05) is 5.32 Å². The second-order valence-corrected chi connectivity index (χ2v) is 7.14. The number of hydrogen-bond donors (Lipinski definition) is 1. The van der Waals surface area contributed by atoms with Crippen molar-refractivity contribution in [2.24, 2.45) is 0 Å². The Kier molecular flexibility index (Phi) is 5.00. The van der Waals surface area contributed by atoms with Crippen LogP contribution in [0.1, 0.15) is 27.4 Å². The Morgan fingerprint density at radius 3 is 2.21 bits per heavy atom. The quantitative estimate of drug-likeness (QED) is 0.458. The van der Waals surface area contributed by atoms with Crippen LogP contribution in [0.15, 0.2) is 77.2 Å². The maximum Gasteiger partial charge on any atom is 0.260 e. The maximum atomic E-state index is 12.8. The van der Waals surface area contributed by atoms with Crippen LogP contribution in [-0.2, 0) is 0 Å².